The quantitative estimate of drug-likeness (QED) is 0.705. The number of nitrogens with one attached hydrogen (secondary N) is 2. The van der Waals surface area contributed by atoms with E-state index in [4.69, 9.17) is 14.5 Å². The Labute approximate surface area is 162 Å². The number of imidazole rings is 1. The van der Waals surface area contributed by atoms with E-state index in [0.29, 0.717) is 11.8 Å². The minimum Gasteiger partial charge on any atom is -0.481 e. The third-order valence-electron chi connectivity index (χ3n) is 5.11. The highest BCUT2D eigenvalue weighted by Crippen LogP contribution is 2.32. The molecule has 8 nitrogen and oxygen atoms in total. The number of para-hydroxylation sites is 2. The standard InChI is InChI=1S/C20H23N5O3/c1-27-17-11-16(24-20(25-17)28-2)19(26)21-13-7-5-6-12(10-13)18-22-14-8-3-4-9-15(14)23-18/h3-4,8-9,11-13H,5-7,10H2,1-2H3,(H,21,26)(H,22,23). The molecule has 2 aromatic heterocycles. The summed E-state index contributed by atoms with van der Waals surface area (Å²) in [6, 6.07) is 9.70. The highest BCUT2D eigenvalue weighted by molar-refractivity contribution is 5.92. The summed E-state index contributed by atoms with van der Waals surface area (Å²) in [5, 5.41) is 3.09. The maximum Gasteiger partial charge on any atom is 0.320 e. The number of fused-ring (bicyclic) bond motifs is 1. The van der Waals surface area contributed by atoms with Crippen LogP contribution in [0.4, 0.5) is 0 Å². The number of rotatable bonds is 5. The fourth-order valence-electron chi connectivity index (χ4n) is 3.71. The average Bonchev–Trinajstić information content (AvgIpc) is 3.18. The summed E-state index contributed by atoms with van der Waals surface area (Å²) in [4.78, 5) is 29.0. The fraction of sp³-hybridized carbons (Fsp3) is 0.400. The summed E-state index contributed by atoms with van der Waals surface area (Å²) < 4.78 is 10.2. The van der Waals surface area contributed by atoms with Crippen molar-refractivity contribution in [2.24, 2.45) is 0 Å². The maximum absolute atomic E-state index is 12.7. The summed E-state index contributed by atoms with van der Waals surface area (Å²) >= 11 is 0. The van der Waals surface area contributed by atoms with E-state index in [2.05, 4.69) is 20.3 Å². The number of benzene rings is 1. The SMILES string of the molecule is COc1cc(C(=O)NC2CCCC(c3nc4ccccc4[nH]3)C2)nc(OC)n1. The van der Waals surface area contributed by atoms with Gasteiger partial charge in [-0.25, -0.2) is 4.98 Å². The largest absolute Gasteiger partial charge is 0.481 e. The first kappa shape index (κ1) is 18.2. The minimum atomic E-state index is -0.255. The Balaban J connectivity index is 1.47. The van der Waals surface area contributed by atoms with Gasteiger partial charge < -0.3 is 19.8 Å². The Morgan fingerprint density at radius 1 is 1.14 bits per heavy atom. The van der Waals surface area contributed by atoms with E-state index in [-0.39, 0.29) is 23.7 Å². The van der Waals surface area contributed by atoms with Gasteiger partial charge in [-0.2, -0.15) is 9.97 Å². The first-order valence-corrected chi connectivity index (χ1v) is 9.39. The molecule has 1 aromatic carbocycles. The van der Waals surface area contributed by atoms with Crippen LogP contribution in [-0.2, 0) is 0 Å². The molecule has 146 valence electrons. The Kier molecular flexibility index (Phi) is 5.10. The van der Waals surface area contributed by atoms with Crippen LogP contribution in [0.2, 0.25) is 0 Å². The Morgan fingerprint density at radius 2 is 2.00 bits per heavy atom. The van der Waals surface area contributed by atoms with Crippen molar-refractivity contribution >= 4 is 16.9 Å². The normalized spacial score (nSPS) is 19.4. The molecule has 2 atom stereocenters. The molecule has 28 heavy (non-hydrogen) atoms. The molecule has 8 heteroatoms. The molecule has 1 fully saturated rings. The lowest BCUT2D eigenvalue weighted by Gasteiger charge is -2.28. The molecule has 0 saturated heterocycles. The van der Waals surface area contributed by atoms with Crippen LogP contribution >= 0.6 is 0 Å². The molecule has 1 saturated carbocycles. The van der Waals surface area contributed by atoms with Crippen molar-refractivity contribution in [1.29, 1.82) is 0 Å². The van der Waals surface area contributed by atoms with Gasteiger partial charge in [0.05, 0.1) is 25.3 Å². The van der Waals surface area contributed by atoms with Gasteiger partial charge in [0.2, 0.25) is 5.88 Å². The first-order chi connectivity index (χ1) is 13.7. The van der Waals surface area contributed by atoms with Crippen molar-refractivity contribution in [3.63, 3.8) is 0 Å². The molecule has 1 aliphatic rings. The number of aromatic nitrogens is 4. The monoisotopic (exact) mass is 381 g/mol. The van der Waals surface area contributed by atoms with Gasteiger partial charge in [-0.15, -0.1) is 0 Å². The van der Waals surface area contributed by atoms with Gasteiger partial charge in [-0.05, 0) is 31.4 Å². The zero-order valence-electron chi connectivity index (χ0n) is 15.9. The van der Waals surface area contributed by atoms with Gasteiger partial charge >= 0.3 is 6.01 Å². The molecule has 2 N–H and O–H groups in total. The second kappa shape index (κ2) is 7.84. The first-order valence-electron chi connectivity index (χ1n) is 9.39. The number of carbonyl (C=O) groups is 1. The third kappa shape index (κ3) is 3.76. The van der Waals surface area contributed by atoms with Gasteiger partial charge in [0, 0.05) is 18.0 Å². The fourth-order valence-corrected chi connectivity index (χ4v) is 3.71. The number of aromatic amines is 1. The topological polar surface area (TPSA) is 102 Å². The highest BCUT2D eigenvalue weighted by atomic mass is 16.5. The van der Waals surface area contributed by atoms with E-state index in [1.54, 1.807) is 0 Å². The van der Waals surface area contributed by atoms with E-state index in [0.717, 1.165) is 42.5 Å². The molecule has 1 aliphatic carbocycles. The Hall–Kier alpha value is -3.16. The van der Waals surface area contributed by atoms with Crippen molar-refractivity contribution in [1.82, 2.24) is 25.3 Å². The predicted molar refractivity (Wildman–Crippen MR) is 104 cm³/mol. The van der Waals surface area contributed by atoms with E-state index in [1.165, 1.54) is 20.3 Å². The van der Waals surface area contributed by atoms with Crippen molar-refractivity contribution < 1.29 is 14.3 Å². The lowest BCUT2D eigenvalue weighted by molar-refractivity contribution is 0.0917. The van der Waals surface area contributed by atoms with Gasteiger partial charge in [0.25, 0.3) is 5.91 Å². The molecule has 0 radical (unpaired) electrons. The maximum atomic E-state index is 12.7. The van der Waals surface area contributed by atoms with Crippen LogP contribution in [0.15, 0.2) is 30.3 Å². The van der Waals surface area contributed by atoms with Crippen LogP contribution in [-0.4, -0.2) is 46.1 Å². The minimum absolute atomic E-state index is 0.0615. The summed E-state index contributed by atoms with van der Waals surface area (Å²) in [7, 11) is 2.94. The van der Waals surface area contributed by atoms with E-state index in [1.807, 2.05) is 24.3 Å². The predicted octanol–water partition coefficient (Wildman–Crippen LogP) is 2.83. The summed E-state index contributed by atoms with van der Waals surface area (Å²) in [5.74, 6) is 1.32. The number of carbonyl (C=O) groups excluding carboxylic acids is 1. The molecule has 0 aliphatic heterocycles. The molecule has 2 unspecified atom stereocenters. The van der Waals surface area contributed by atoms with Gasteiger partial charge in [0.1, 0.15) is 11.5 Å². The molecule has 0 bridgehead atoms. The van der Waals surface area contributed by atoms with Gasteiger partial charge in [-0.1, -0.05) is 18.6 Å². The zero-order chi connectivity index (χ0) is 19.5. The van der Waals surface area contributed by atoms with Crippen LogP contribution in [0.1, 0.15) is 47.9 Å². The lowest BCUT2D eigenvalue weighted by atomic mass is 9.85. The number of nitrogens with zero attached hydrogens (tertiary/aromatic N) is 3. The average molecular weight is 381 g/mol. The molecular weight excluding hydrogens is 358 g/mol. The van der Waals surface area contributed by atoms with E-state index in [9.17, 15) is 4.79 Å². The summed E-state index contributed by atoms with van der Waals surface area (Å²) in [6.07, 6.45) is 3.86. The van der Waals surface area contributed by atoms with Crippen molar-refractivity contribution in [2.45, 2.75) is 37.6 Å². The van der Waals surface area contributed by atoms with Gasteiger partial charge in [0.15, 0.2) is 0 Å². The van der Waals surface area contributed by atoms with E-state index >= 15 is 0 Å². The van der Waals surface area contributed by atoms with Crippen LogP contribution in [0.5, 0.6) is 11.9 Å². The second-order valence-corrected chi connectivity index (χ2v) is 6.96. The zero-order valence-corrected chi connectivity index (χ0v) is 15.9. The smallest absolute Gasteiger partial charge is 0.320 e. The van der Waals surface area contributed by atoms with Crippen molar-refractivity contribution in [3.05, 3.63) is 41.9 Å². The molecule has 1 amide bonds. The summed E-state index contributed by atoms with van der Waals surface area (Å²) in [5.41, 5.74) is 2.25. The highest BCUT2D eigenvalue weighted by Gasteiger charge is 2.27. The summed E-state index contributed by atoms with van der Waals surface area (Å²) in [6.45, 7) is 0. The van der Waals surface area contributed by atoms with E-state index < -0.39 is 0 Å². The van der Waals surface area contributed by atoms with Crippen LogP contribution in [0, 0.1) is 0 Å². The molecule has 2 heterocycles. The van der Waals surface area contributed by atoms with Crippen molar-refractivity contribution in [2.75, 3.05) is 14.2 Å². The number of ether oxygens (including phenoxy) is 2. The molecular formula is C20H23N5O3. The molecule has 0 spiro atoms. The number of methoxy groups -OCH3 is 2. The Morgan fingerprint density at radius 3 is 2.79 bits per heavy atom. The third-order valence-corrected chi connectivity index (χ3v) is 5.11. The number of hydrogen-bond donors (Lipinski definition) is 2. The second-order valence-electron chi connectivity index (χ2n) is 6.96. The van der Waals surface area contributed by atoms with Crippen molar-refractivity contribution in [3.8, 4) is 11.9 Å². The van der Waals surface area contributed by atoms with Crippen LogP contribution < -0.4 is 14.8 Å². The number of H-pyrrole nitrogens is 1. The molecule has 3 aromatic rings. The van der Waals surface area contributed by atoms with Gasteiger partial charge in [-0.3, -0.25) is 4.79 Å². The number of amides is 1. The lowest BCUT2D eigenvalue weighted by Crippen LogP contribution is -2.38. The van der Waals surface area contributed by atoms with Crippen LogP contribution in [0.25, 0.3) is 11.0 Å². The molecule has 4 rings (SSSR count). The Bertz CT molecular complexity index is 932. The number of hydrogen-bond acceptors (Lipinski definition) is 6. The van der Waals surface area contributed by atoms with Crippen LogP contribution in [0.3, 0.4) is 0 Å².